The second kappa shape index (κ2) is 7.04. The van der Waals surface area contributed by atoms with Gasteiger partial charge in [0.05, 0.1) is 5.69 Å². The summed E-state index contributed by atoms with van der Waals surface area (Å²) in [6, 6.07) is 5.89. The number of nitrogens with one attached hydrogen (secondary N) is 3. The predicted octanol–water partition coefficient (Wildman–Crippen LogP) is -1.45. The summed E-state index contributed by atoms with van der Waals surface area (Å²) >= 11 is 0. The number of carbonyl (C=O) groups excluding carboxylic acids is 1. The minimum Gasteiger partial charge on any atom is -0.423 e. The van der Waals surface area contributed by atoms with Crippen LogP contribution in [0.3, 0.4) is 0 Å². The first-order valence-corrected chi connectivity index (χ1v) is 5.71. The number of amidine groups is 1. The van der Waals surface area contributed by atoms with E-state index < -0.39 is 13.0 Å². The van der Waals surface area contributed by atoms with Crippen LogP contribution in [0.25, 0.3) is 0 Å². The van der Waals surface area contributed by atoms with Crippen molar-refractivity contribution >= 4 is 41.4 Å². The second-order valence-electron chi connectivity index (χ2n) is 3.95. The lowest BCUT2D eigenvalue weighted by atomic mass is 9.79. The van der Waals surface area contributed by atoms with Gasteiger partial charge in [-0.25, -0.2) is 0 Å². The number of carbonyl (C=O) groups is 1. The van der Waals surface area contributed by atoms with Crippen LogP contribution in [0.1, 0.15) is 6.92 Å². The molecule has 0 fully saturated rings. The van der Waals surface area contributed by atoms with Crippen LogP contribution in [0.2, 0.25) is 0 Å². The Morgan fingerprint density at radius 3 is 2.67 bits per heavy atom. The quantitative estimate of drug-likeness (QED) is 0.168. The van der Waals surface area contributed by atoms with Crippen LogP contribution in [0.5, 0.6) is 0 Å². The Morgan fingerprint density at radius 1 is 1.52 bits per heavy atom. The summed E-state index contributed by atoms with van der Waals surface area (Å²) in [4.78, 5) is 11.0. The van der Waals surface area contributed by atoms with Crippen LogP contribution < -0.4 is 21.9 Å². The molecule has 1 rings (SSSR count). The maximum Gasteiger partial charge on any atom is 0.490 e. The summed E-state index contributed by atoms with van der Waals surface area (Å²) in [5.41, 5.74) is 7.79. The molecule has 0 aliphatic rings. The monoisotopic (exact) mass is 288 g/mol. The largest absolute Gasteiger partial charge is 0.490 e. The average molecular weight is 288 g/mol. The van der Waals surface area contributed by atoms with Crippen LogP contribution in [0.4, 0.5) is 11.4 Å². The zero-order valence-electron chi connectivity index (χ0n) is 11.1. The maximum atomic E-state index is 11.0. The van der Waals surface area contributed by atoms with Gasteiger partial charge in [0, 0.05) is 18.1 Å². The van der Waals surface area contributed by atoms with Gasteiger partial charge >= 0.3 is 7.12 Å². The highest BCUT2D eigenvalue weighted by molar-refractivity contribution is 6.60. The summed E-state index contributed by atoms with van der Waals surface area (Å²) in [5, 5.41) is 40.5. The molecule has 10 heteroatoms. The number of nitrogens with two attached hydrogens (primary N) is 1. The lowest BCUT2D eigenvalue weighted by Gasteiger charge is -2.11. The van der Waals surface area contributed by atoms with Crippen molar-refractivity contribution < 1.29 is 14.8 Å². The number of anilines is 2. The van der Waals surface area contributed by atoms with Gasteiger partial charge in [0.15, 0.2) is 5.84 Å². The molecule has 0 aromatic heterocycles. The van der Waals surface area contributed by atoms with Gasteiger partial charge in [-0.1, -0.05) is 0 Å². The Morgan fingerprint density at radius 2 is 2.19 bits per heavy atom. The van der Waals surface area contributed by atoms with E-state index in [1.165, 1.54) is 25.1 Å². The van der Waals surface area contributed by atoms with Crippen molar-refractivity contribution in [3.05, 3.63) is 18.2 Å². The number of benzene rings is 1. The molecule has 0 radical (unpaired) electrons. The summed E-state index contributed by atoms with van der Waals surface area (Å²) < 4.78 is 0. The predicted molar refractivity (Wildman–Crippen MR) is 79.2 cm³/mol. The number of hydrazone groups is 1. The Kier molecular flexibility index (Phi) is 5.42. The third-order valence-corrected chi connectivity index (χ3v) is 2.30. The van der Waals surface area contributed by atoms with E-state index in [2.05, 4.69) is 15.8 Å². The summed E-state index contributed by atoms with van der Waals surface area (Å²) in [6.07, 6.45) is 0. The molecule has 21 heavy (non-hydrogen) atoms. The van der Waals surface area contributed by atoms with Crippen LogP contribution >= 0.6 is 0 Å². The molecular formula is C11H13BN6O3. The summed E-state index contributed by atoms with van der Waals surface area (Å²) in [7, 11) is -1.82. The number of hydrogen-bond donors (Lipinski definition) is 6. The lowest BCUT2D eigenvalue weighted by molar-refractivity contribution is -0.114. The van der Waals surface area contributed by atoms with Crippen molar-refractivity contribution in [2.45, 2.75) is 6.92 Å². The second-order valence-corrected chi connectivity index (χ2v) is 3.95. The fourth-order valence-corrected chi connectivity index (χ4v) is 1.42. The van der Waals surface area contributed by atoms with E-state index in [-0.39, 0.29) is 22.8 Å². The van der Waals surface area contributed by atoms with E-state index in [0.717, 1.165) is 0 Å². The van der Waals surface area contributed by atoms with Crippen molar-refractivity contribution in [2.75, 3.05) is 10.7 Å². The summed E-state index contributed by atoms with van der Waals surface area (Å²) in [5.74, 6) is -0.832. The van der Waals surface area contributed by atoms with Crippen LogP contribution in [0.15, 0.2) is 23.3 Å². The third-order valence-electron chi connectivity index (χ3n) is 2.30. The standard InChI is InChI=1S/C11H13BN6O3/c1-6(19)16-7-2-3-9(8(4-7)12(20)21)17-18-10(5-13)11(14)15/h2-4,17,20-21H,1H3,(H3,14,15)(H,16,19)/b18-10+. The van der Waals surface area contributed by atoms with Gasteiger partial charge in [-0.15, -0.1) is 0 Å². The van der Waals surface area contributed by atoms with Crippen molar-refractivity contribution in [1.29, 1.82) is 10.7 Å². The van der Waals surface area contributed by atoms with Crippen molar-refractivity contribution in [1.82, 2.24) is 0 Å². The fourth-order valence-electron chi connectivity index (χ4n) is 1.42. The first-order valence-electron chi connectivity index (χ1n) is 5.71. The van der Waals surface area contributed by atoms with Gasteiger partial charge < -0.3 is 21.1 Å². The van der Waals surface area contributed by atoms with Gasteiger partial charge in [-0.05, 0) is 18.2 Å². The molecule has 0 saturated heterocycles. The number of rotatable bonds is 5. The lowest BCUT2D eigenvalue weighted by Crippen LogP contribution is -2.32. The molecule has 0 heterocycles. The first kappa shape index (κ1) is 16.2. The zero-order chi connectivity index (χ0) is 16.0. The highest BCUT2D eigenvalue weighted by Crippen LogP contribution is 2.12. The van der Waals surface area contributed by atoms with E-state index in [1.807, 2.05) is 0 Å². The molecule has 1 aromatic carbocycles. The molecule has 0 spiro atoms. The minimum absolute atomic E-state index is 0.0332. The number of amides is 1. The molecule has 0 saturated carbocycles. The van der Waals surface area contributed by atoms with Gasteiger partial charge in [0.2, 0.25) is 11.6 Å². The molecular weight excluding hydrogens is 275 g/mol. The highest BCUT2D eigenvalue weighted by atomic mass is 16.4. The smallest absolute Gasteiger partial charge is 0.423 e. The Labute approximate surface area is 120 Å². The zero-order valence-corrected chi connectivity index (χ0v) is 11.1. The SMILES string of the molecule is CC(=O)Nc1ccc(N/N=C(\C#N)C(=N)N)c(B(O)O)c1. The van der Waals surface area contributed by atoms with E-state index in [1.54, 1.807) is 6.07 Å². The van der Waals surface area contributed by atoms with E-state index in [4.69, 9.17) is 16.4 Å². The molecule has 1 amide bonds. The van der Waals surface area contributed by atoms with E-state index in [0.29, 0.717) is 5.69 Å². The average Bonchev–Trinajstić information content (AvgIpc) is 2.39. The normalized spacial score (nSPS) is 10.5. The van der Waals surface area contributed by atoms with Gasteiger partial charge in [0.25, 0.3) is 0 Å². The van der Waals surface area contributed by atoms with E-state index >= 15 is 0 Å². The Hall–Kier alpha value is -2.90. The van der Waals surface area contributed by atoms with Crippen LogP contribution in [0, 0.1) is 16.7 Å². The van der Waals surface area contributed by atoms with E-state index in [9.17, 15) is 14.8 Å². The topological polar surface area (TPSA) is 168 Å². The maximum absolute atomic E-state index is 11.0. The number of hydrogen-bond acceptors (Lipinski definition) is 7. The molecule has 0 unspecified atom stereocenters. The molecule has 1 aromatic rings. The number of nitrogens with zero attached hydrogens (tertiary/aromatic N) is 2. The Balaban J connectivity index is 3.10. The van der Waals surface area contributed by atoms with Crippen molar-refractivity contribution in [3.8, 4) is 6.07 Å². The highest BCUT2D eigenvalue weighted by Gasteiger charge is 2.17. The molecule has 0 aliphatic heterocycles. The first-order chi connectivity index (χ1) is 9.85. The molecule has 0 atom stereocenters. The van der Waals surface area contributed by atoms with Gasteiger partial charge in [-0.2, -0.15) is 10.4 Å². The third kappa shape index (κ3) is 4.61. The molecule has 9 nitrogen and oxygen atoms in total. The van der Waals surface area contributed by atoms with Crippen molar-refractivity contribution in [3.63, 3.8) is 0 Å². The fraction of sp³-hybridized carbons (Fsp3) is 0.0909. The van der Waals surface area contributed by atoms with Gasteiger partial charge in [-0.3, -0.25) is 15.6 Å². The summed E-state index contributed by atoms with van der Waals surface area (Å²) in [6.45, 7) is 1.32. The molecule has 0 bridgehead atoms. The molecule has 0 aliphatic carbocycles. The van der Waals surface area contributed by atoms with Crippen LogP contribution in [-0.2, 0) is 4.79 Å². The van der Waals surface area contributed by atoms with Gasteiger partial charge in [0.1, 0.15) is 6.07 Å². The molecule has 108 valence electrons. The minimum atomic E-state index is -1.82. The van der Waals surface area contributed by atoms with Crippen LogP contribution in [-0.4, -0.2) is 34.6 Å². The number of nitriles is 1. The molecule has 7 N–H and O–H groups in total. The van der Waals surface area contributed by atoms with Crippen molar-refractivity contribution in [2.24, 2.45) is 10.8 Å². The Bertz CT molecular complexity index is 637.